The highest BCUT2D eigenvalue weighted by Crippen LogP contribution is 2.35. The molecular weight excluding hydrogens is 492 g/mol. The van der Waals surface area contributed by atoms with Gasteiger partial charge in [-0.05, 0) is 67.1 Å². The molecule has 0 atom stereocenters. The number of aromatic nitrogens is 2. The van der Waals surface area contributed by atoms with Crippen molar-refractivity contribution in [1.29, 1.82) is 5.26 Å². The normalized spacial score (nSPS) is 10.7. The molecular formula is C31H24N4O2S. The van der Waals surface area contributed by atoms with Crippen LogP contribution in [0.1, 0.15) is 11.1 Å². The third kappa shape index (κ3) is 5.36. The summed E-state index contributed by atoms with van der Waals surface area (Å²) in [7, 11) is 1.62. The van der Waals surface area contributed by atoms with E-state index in [0.29, 0.717) is 22.0 Å². The number of ether oxygens (including phenoxy) is 1. The van der Waals surface area contributed by atoms with Gasteiger partial charge in [0, 0.05) is 22.7 Å². The molecule has 1 amide bonds. The molecule has 0 saturated heterocycles. The van der Waals surface area contributed by atoms with E-state index in [1.54, 1.807) is 13.3 Å². The number of rotatable bonds is 7. The highest BCUT2D eigenvalue weighted by molar-refractivity contribution is 8.00. The van der Waals surface area contributed by atoms with Crippen molar-refractivity contribution in [3.05, 3.63) is 102 Å². The highest BCUT2D eigenvalue weighted by Gasteiger charge is 2.17. The summed E-state index contributed by atoms with van der Waals surface area (Å²) < 4.78 is 5.29. The summed E-state index contributed by atoms with van der Waals surface area (Å²) in [6.45, 7) is 2.02. The molecule has 0 fully saturated rings. The van der Waals surface area contributed by atoms with Crippen LogP contribution >= 0.6 is 11.8 Å². The molecule has 2 aromatic heterocycles. The van der Waals surface area contributed by atoms with Crippen LogP contribution in [-0.4, -0.2) is 28.7 Å². The first kappa shape index (κ1) is 25.0. The molecule has 0 bridgehead atoms. The van der Waals surface area contributed by atoms with Gasteiger partial charge in [-0.25, -0.2) is 4.98 Å². The SMILES string of the molecule is COc1ccc(-c2cc(-c3ccc(C)cc3)c(C#N)c(SCC(=O)Nc3cccc4ncccc34)n2)cc1. The zero-order chi connectivity index (χ0) is 26.5. The van der Waals surface area contributed by atoms with Crippen molar-refractivity contribution >= 4 is 34.3 Å². The lowest BCUT2D eigenvalue weighted by Crippen LogP contribution is -2.14. The first-order valence-electron chi connectivity index (χ1n) is 12.0. The molecule has 7 heteroatoms. The number of pyridine rings is 2. The molecule has 6 nitrogen and oxygen atoms in total. The smallest absolute Gasteiger partial charge is 0.234 e. The third-order valence-electron chi connectivity index (χ3n) is 6.11. The largest absolute Gasteiger partial charge is 0.497 e. The monoisotopic (exact) mass is 516 g/mol. The van der Waals surface area contributed by atoms with E-state index in [2.05, 4.69) is 16.4 Å². The average Bonchev–Trinajstić information content (AvgIpc) is 2.96. The predicted molar refractivity (Wildman–Crippen MR) is 152 cm³/mol. The Morgan fingerprint density at radius 3 is 2.50 bits per heavy atom. The molecule has 0 radical (unpaired) electrons. The molecule has 5 aromatic rings. The number of nitrogens with zero attached hydrogens (tertiary/aromatic N) is 3. The summed E-state index contributed by atoms with van der Waals surface area (Å²) in [5.41, 5.74) is 6.37. The Kier molecular flexibility index (Phi) is 7.34. The van der Waals surface area contributed by atoms with Crippen LogP contribution in [-0.2, 0) is 4.79 Å². The minimum absolute atomic E-state index is 0.0950. The van der Waals surface area contributed by atoms with E-state index in [0.717, 1.165) is 38.9 Å². The van der Waals surface area contributed by atoms with E-state index in [9.17, 15) is 10.1 Å². The molecule has 0 spiro atoms. The Hall–Kier alpha value is -4.67. The second-order valence-electron chi connectivity index (χ2n) is 8.65. The van der Waals surface area contributed by atoms with Gasteiger partial charge in [0.2, 0.25) is 5.91 Å². The number of amides is 1. The number of benzene rings is 3. The van der Waals surface area contributed by atoms with Crippen molar-refractivity contribution in [2.75, 3.05) is 18.2 Å². The lowest BCUT2D eigenvalue weighted by molar-refractivity contribution is -0.113. The van der Waals surface area contributed by atoms with Gasteiger partial charge < -0.3 is 10.1 Å². The zero-order valence-electron chi connectivity index (χ0n) is 20.9. The topological polar surface area (TPSA) is 87.9 Å². The van der Waals surface area contributed by atoms with Gasteiger partial charge in [-0.15, -0.1) is 0 Å². The van der Waals surface area contributed by atoms with Gasteiger partial charge in [-0.2, -0.15) is 5.26 Å². The zero-order valence-corrected chi connectivity index (χ0v) is 21.8. The van der Waals surface area contributed by atoms with E-state index in [1.165, 1.54) is 11.8 Å². The summed E-state index contributed by atoms with van der Waals surface area (Å²) in [6, 6.07) is 29.3. The van der Waals surface area contributed by atoms with Crippen LogP contribution in [0.5, 0.6) is 5.75 Å². The number of carbonyl (C=O) groups excluding carboxylic acids is 1. The lowest BCUT2D eigenvalue weighted by atomic mass is 9.98. The molecule has 0 aliphatic carbocycles. The van der Waals surface area contributed by atoms with Gasteiger partial charge in [0.1, 0.15) is 16.8 Å². The molecule has 5 rings (SSSR count). The van der Waals surface area contributed by atoms with Gasteiger partial charge in [-0.3, -0.25) is 9.78 Å². The Morgan fingerprint density at radius 2 is 1.76 bits per heavy atom. The molecule has 0 saturated carbocycles. The molecule has 2 heterocycles. The Bertz CT molecular complexity index is 1650. The summed E-state index contributed by atoms with van der Waals surface area (Å²) in [5, 5.41) is 14.5. The third-order valence-corrected chi connectivity index (χ3v) is 7.08. The van der Waals surface area contributed by atoms with Crippen molar-refractivity contribution in [3.8, 4) is 34.2 Å². The standard InChI is InChI=1S/C31H24N4O2S/c1-20-8-10-21(11-9-20)25-17-29(22-12-14-23(37-2)15-13-22)35-31(26(25)18-32)38-19-30(36)34-28-7-3-6-27-24(28)5-4-16-33-27/h3-17H,19H2,1-2H3,(H,34,36). The van der Waals surface area contributed by atoms with E-state index >= 15 is 0 Å². The van der Waals surface area contributed by atoms with Crippen molar-refractivity contribution in [2.24, 2.45) is 0 Å². The summed E-state index contributed by atoms with van der Waals surface area (Å²) >= 11 is 1.25. The maximum atomic E-state index is 13.0. The van der Waals surface area contributed by atoms with E-state index in [1.807, 2.05) is 91.9 Å². The number of anilines is 1. The highest BCUT2D eigenvalue weighted by atomic mass is 32.2. The van der Waals surface area contributed by atoms with Crippen LogP contribution in [0.25, 0.3) is 33.3 Å². The maximum Gasteiger partial charge on any atom is 0.234 e. The number of hydrogen-bond acceptors (Lipinski definition) is 6. The van der Waals surface area contributed by atoms with E-state index < -0.39 is 0 Å². The van der Waals surface area contributed by atoms with Crippen LogP contribution < -0.4 is 10.1 Å². The predicted octanol–water partition coefficient (Wildman–Crippen LogP) is 6.88. The molecule has 0 unspecified atom stereocenters. The fraction of sp³-hybridized carbons (Fsp3) is 0.0968. The van der Waals surface area contributed by atoms with Crippen molar-refractivity contribution in [1.82, 2.24) is 9.97 Å². The molecule has 38 heavy (non-hydrogen) atoms. The van der Waals surface area contributed by atoms with Crippen LogP contribution in [0.2, 0.25) is 0 Å². The summed E-state index contributed by atoms with van der Waals surface area (Å²) in [5.74, 6) is 0.650. The Labute approximate surface area is 225 Å². The van der Waals surface area contributed by atoms with Gasteiger partial charge in [0.25, 0.3) is 0 Å². The number of carbonyl (C=O) groups is 1. The molecule has 0 aliphatic heterocycles. The number of aryl methyl sites for hydroxylation is 1. The lowest BCUT2D eigenvalue weighted by Gasteiger charge is -2.13. The van der Waals surface area contributed by atoms with Crippen LogP contribution in [0, 0.1) is 18.3 Å². The van der Waals surface area contributed by atoms with Crippen LogP contribution in [0.15, 0.2) is 96.2 Å². The number of methoxy groups -OCH3 is 1. The number of nitriles is 1. The molecule has 1 N–H and O–H groups in total. The second-order valence-corrected chi connectivity index (χ2v) is 9.62. The van der Waals surface area contributed by atoms with Gasteiger partial charge >= 0.3 is 0 Å². The quantitative estimate of drug-likeness (QED) is 0.237. The summed E-state index contributed by atoms with van der Waals surface area (Å²) in [6.07, 6.45) is 1.72. The molecule has 186 valence electrons. The van der Waals surface area contributed by atoms with Gasteiger partial charge in [0.05, 0.1) is 35.3 Å². The molecule has 3 aromatic carbocycles. The maximum absolute atomic E-state index is 13.0. The Balaban J connectivity index is 1.48. The van der Waals surface area contributed by atoms with E-state index in [-0.39, 0.29) is 11.7 Å². The second kappa shape index (κ2) is 11.2. The number of fused-ring (bicyclic) bond motifs is 1. The van der Waals surface area contributed by atoms with E-state index in [4.69, 9.17) is 9.72 Å². The summed E-state index contributed by atoms with van der Waals surface area (Å²) in [4.78, 5) is 22.1. The van der Waals surface area contributed by atoms with Crippen LogP contribution in [0.4, 0.5) is 5.69 Å². The van der Waals surface area contributed by atoms with Gasteiger partial charge in [0.15, 0.2) is 0 Å². The van der Waals surface area contributed by atoms with Gasteiger partial charge in [-0.1, -0.05) is 47.7 Å². The number of hydrogen-bond donors (Lipinski definition) is 1. The first-order valence-corrected chi connectivity index (χ1v) is 13.0. The van der Waals surface area contributed by atoms with Crippen molar-refractivity contribution in [3.63, 3.8) is 0 Å². The Morgan fingerprint density at radius 1 is 1.00 bits per heavy atom. The van der Waals surface area contributed by atoms with Crippen molar-refractivity contribution < 1.29 is 9.53 Å². The minimum Gasteiger partial charge on any atom is -0.497 e. The average molecular weight is 517 g/mol. The fourth-order valence-electron chi connectivity index (χ4n) is 4.14. The first-order chi connectivity index (χ1) is 18.6. The fourth-order valence-corrected chi connectivity index (χ4v) is 4.94. The molecule has 0 aliphatic rings. The van der Waals surface area contributed by atoms with Crippen molar-refractivity contribution in [2.45, 2.75) is 11.9 Å². The minimum atomic E-state index is -0.191. The number of nitrogens with one attached hydrogen (secondary N) is 1. The number of thioether (sulfide) groups is 1. The van der Waals surface area contributed by atoms with Crippen LogP contribution in [0.3, 0.4) is 0 Å².